The second-order valence-corrected chi connectivity index (χ2v) is 5.73. The maximum absolute atomic E-state index is 4.11. The van der Waals surface area contributed by atoms with Crippen molar-refractivity contribution >= 4 is 0 Å². The zero-order chi connectivity index (χ0) is 14.8. The second kappa shape index (κ2) is 5.73. The Morgan fingerprint density at radius 2 is 1.57 bits per heavy atom. The largest absolute Gasteiger partial charge is 0.0988 e. The Morgan fingerprint density at radius 3 is 2.19 bits per heavy atom. The summed E-state index contributed by atoms with van der Waals surface area (Å²) in [6, 6.07) is 19.7. The molecule has 2 unspecified atom stereocenters. The minimum Gasteiger partial charge on any atom is -0.0988 e. The van der Waals surface area contributed by atoms with Crippen LogP contribution >= 0.6 is 0 Å². The van der Waals surface area contributed by atoms with Gasteiger partial charge in [0, 0.05) is 11.8 Å². The lowest BCUT2D eigenvalue weighted by Gasteiger charge is -2.34. The number of benzene rings is 2. The highest BCUT2D eigenvalue weighted by Crippen LogP contribution is 2.46. The highest BCUT2D eigenvalue weighted by atomic mass is 14.3. The standard InChI is InChI=1S/C21H22/c1-4-17-15(3)19-13-9-10-14-20(19)21(18(17)5-2)16-11-7-6-8-12-16/h5-15,21H,2,4H2,1,3H3. The van der Waals surface area contributed by atoms with Crippen LogP contribution in [0.5, 0.6) is 0 Å². The molecule has 21 heavy (non-hydrogen) atoms. The van der Waals surface area contributed by atoms with E-state index >= 15 is 0 Å². The predicted octanol–water partition coefficient (Wildman–Crippen LogP) is 5.83. The molecule has 0 saturated carbocycles. The van der Waals surface area contributed by atoms with E-state index in [0.717, 1.165) is 6.42 Å². The van der Waals surface area contributed by atoms with E-state index < -0.39 is 0 Å². The molecule has 2 atom stereocenters. The third-order valence-corrected chi connectivity index (χ3v) is 4.71. The molecule has 1 aliphatic rings. The van der Waals surface area contributed by atoms with Gasteiger partial charge in [-0.3, -0.25) is 0 Å². The summed E-state index contributed by atoms with van der Waals surface area (Å²) in [5.74, 6) is 0.810. The maximum atomic E-state index is 4.11. The van der Waals surface area contributed by atoms with E-state index in [2.05, 4.69) is 81.1 Å². The Hall–Kier alpha value is -2.08. The van der Waals surface area contributed by atoms with Crippen LogP contribution in [0.2, 0.25) is 0 Å². The number of hydrogen-bond acceptors (Lipinski definition) is 0. The highest BCUT2D eigenvalue weighted by Gasteiger charge is 2.30. The Kier molecular flexibility index (Phi) is 3.79. The topological polar surface area (TPSA) is 0 Å². The molecule has 0 bridgehead atoms. The molecule has 2 aromatic rings. The number of hydrogen-bond donors (Lipinski definition) is 0. The number of fused-ring (bicyclic) bond motifs is 1. The molecule has 0 fully saturated rings. The summed E-state index contributed by atoms with van der Waals surface area (Å²) in [7, 11) is 0. The van der Waals surface area contributed by atoms with Crippen molar-refractivity contribution in [2.75, 3.05) is 0 Å². The van der Waals surface area contributed by atoms with Crippen LogP contribution in [0.3, 0.4) is 0 Å². The molecule has 0 heterocycles. The molecule has 0 spiro atoms. The van der Waals surface area contributed by atoms with E-state index in [0.29, 0.717) is 11.8 Å². The Labute approximate surface area is 127 Å². The molecule has 2 aromatic carbocycles. The summed E-state index contributed by atoms with van der Waals surface area (Å²) in [5, 5.41) is 0. The molecule has 0 aliphatic heterocycles. The first-order valence-corrected chi connectivity index (χ1v) is 7.77. The van der Waals surface area contributed by atoms with E-state index in [4.69, 9.17) is 0 Å². The average molecular weight is 274 g/mol. The fourth-order valence-electron chi connectivity index (χ4n) is 3.72. The maximum Gasteiger partial charge on any atom is 0.0342 e. The van der Waals surface area contributed by atoms with Crippen molar-refractivity contribution in [3.05, 3.63) is 95.1 Å². The lowest BCUT2D eigenvalue weighted by Crippen LogP contribution is -2.17. The van der Waals surface area contributed by atoms with Crippen LogP contribution in [-0.2, 0) is 0 Å². The lowest BCUT2D eigenvalue weighted by molar-refractivity contribution is 0.746. The quantitative estimate of drug-likeness (QED) is 0.660. The summed E-state index contributed by atoms with van der Waals surface area (Å²) >= 11 is 0. The lowest BCUT2D eigenvalue weighted by atomic mass is 9.70. The van der Waals surface area contributed by atoms with Crippen LogP contribution in [0.15, 0.2) is 78.4 Å². The van der Waals surface area contributed by atoms with Gasteiger partial charge in [0.15, 0.2) is 0 Å². The van der Waals surface area contributed by atoms with E-state index in [1.54, 1.807) is 0 Å². The minimum absolute atomic E-state index is 0.325. The van der Waals surface area contributed by atoms with Crippen LogP contribution in [0.25, 0.3) is 0 Å². The molecule has 0 heteroatoms. The van der Waals surface area contributed by atoms with Gasteiger partial charge in [-0.25, -0.2) is 0 Å². The smallest absolute Gasteiger partial charge is 0.0342 e. The third-order valence-electron chi connectivity index (χ3n) is 4.71. The van der Waals surface area contributed by atoms with Gasteiger partial charge >= 0.3 is 0 Å². The van der Waals surface area contributed by atoms with Gasteiger partial charge in [0.1, 0.15) is 0 Å². The first kappa shape index (κ1) is 13.9. The Morgan fingerprint density at radius 1 is 0.952 bits per heavy atom. The Bertz CT molecular complexity index is 676. The van der Waals surface area contributed by atoms with Crippen LogP contribution in [-0.4, -0.2) is 0 Å². The zero-order valence-electron chi connectivity index (χ0n) is 12.8. The molecular weight excluding hydrogens is 252 g/mol. The molecule has 106 valence electrons. The molecule has 0 N–H and O–H groups in total. The zero-order valence-corrected chi connectivity index (χ0v) is 12.8. The summed E-state index contributed by atoms with van der Waals surface area (Å²) in [6.45, 7) is 8.68. The number of allylic oxidation sites excluding steroid dienone is 3. The highest BCUT2D eigenvalue weighted by molar-refractivity contribution is 5.56. The van der Waals surface area contributed by atoms with Gasteiger partial charge in [-0.05, 0) is 28.7 Å². The second-order valence-electron chi connectivity index (χ2n) is 5.73. The van der Waals surface area contributed by atoms with Gasteiger partial charge in [0.2, 0.25) is 0 Å². The normalized spacial score (nSPS) is 21.0. The summed E-state index contributed by atoms with van der Waals surface area (Å²) in [4.78, 5) is 0. The van der Waals surface area contributed by atoms with Crippen LogP contribution < -0.4 is 0 Å². The molecule has 1 aliphatic carbocycles. The van der Waals surface area contributed by atoms with Crippen molar-refractivity contribution in [1.82, 2.24) is 0 Å². The number of rotatable bonds is 3. The first-order valence-electron chi connectivity index (χ1n) is 7.77. The van der Waals surface area contributed by atoms with Crippen molar-refractivity contribution in [1.29, 1.82) is 0 Å². The fraction of sp³-hybridized carbons (Fsp3) is 0.238. The van der Waals surface area contributed by atoms with Gasteiger partial charge in [-0.1, -0.05) is 86.7 Å². The van der Waals surface area contributed by atoms with Crippen LogP contribution in [0.4, 0.5) is 0 Å². The van der Waals surface area contributed by atoms with Crippen molar-refractivity contribution in [2.45, 2.75) is 32.1 Å². The predicted molar refractivity (Wildman–Crippen MR) is 90.7 cm³/mol. The van der Waals surface area contributed by atoms with Crippen LogP contribution in [0.1, 0.15) is 48.8 Å². The van der Waals surface area contributed by atoms with Crippen molar-refractivity contribution < 1.29 is 0 Å². The molecule has 0 amide bonds. The van der Waals surface area contributed by atoms with Gasteiger partial charge < -0.3 is 0 Å². The molecule has 0 aromatic heterocycles. The molecule has 0 saturated heterocycles. The SMILES string of the molecule is C=CC1=C(CC)C(C)c2ccccc2C1c1ccccc1. The van der Waals surface area contributed by atoms with Crippen molar-refractivity contribution in [3.8, 4) is 0 Å². The molecule has 0 radical (unpaired) electrons. The first-order chi connectivity index (χ1) is 10.3. The van der Waals surface area contributed by atoms with Crippen molar-refractivity contribution in [3.63, 3.8) is 0 Å². The summed E-state index contributed by atoms with van der Waals surface area (Å²) in [6.07, 6.45) is 3.16. The van der Waals surface area contributed by atoms with E-state index in [1.165, 1.54) is 27.8 Å². The van der Waals surface area contributed by atoms with Crippen LogP contribution in [0, 0.1) is 0 Å². The summed E-state index contributed by atoms with van der Waals surface area (Å²) < 4.78 is 0. The van der Waals surface area contributed by atoms with E-state index in [1.807, 2.05) is 0 Å². The van der Waals surface area contributed by atoms with Gasteiger partial charge in [-0.2, -0.15) is 0 Å². The van der Waals surface area contributed by atoms with Crippen molar-refractivity contribution in [2.24, 2.45) is 0 Å². The fourth-order valence-corrected chi connectivity index (χ4v) is 3.72. The summed E-state index contributed by atoms with van der Waals surface area (Å²) in [5.41, 5.74) is 7.18. The van der Waals surface area contributed by atoms with Gasteiger partial charge in [0.05, 0.1) is 0 Å². The van der Waals surface area contributed by atoms with Gasteiger partial charge in [-0.15, -0.1) is 0 Å². The minimum atomic E-state index is 0.325. The van der Waals surface area contributed by atoms with E-state index in [9.17, 15) is 0 Å². The van der Waals surface area contributed by atoms with Gasteiger partial charge in [0.25, 0.3) is 0 Å². The average Bonchev–Trinajstić information content (AvgIpc) is 2.55. The third kappa shape index (κ3) is 2.25. The molecular formula is C21H22. The monoisotopic (exact) mass is 274 g/mol. The molecule has 0 nitrogen and oxygen atoms in total. The Balaban J connectivity index is 2.27. The molecule has 3 rings (SSSR count). The van der Waals surface area contributed by atoms with E-state index in [-0.39, 0.29) is 0 Å².